The van der Waals surface area contributed by atoms with E-state index in [1.807, 2.05) is 41.3 Å². The van der Waals surface area contributed by atoms with Crippen LogP contribution < -0.4 is 0 Å². The first-order valence-electron chi connectivity index (χ1n) is 8.19. The first kappa shape index (κ1) is 15.9. The minimum Gasteiger partial charge on any atom is -0.253 e. The summed E-state index contributed by atoms with van der Waals surface area (Å²) in [7, 11) is 0. The van der Waals surface area contributed by atoms with Crippen molar-refractivity contribution in [2.24, 2.45) is 0 Å². The largest absolute Gasteiger partial charge is 0.253 e. The van der Waals surface area contributed by atoms with E-state index in [4.69, 9.17) is 0 Å². The van der Waals surface area contributed by atoms with Crippen molar-refractivity contribution >= 4 is 15.9 Å². The van der Waals surface area contributed by atoms with Gasteiger partial charge in [0.15, 0.2) is 0 Å². The molecule has 0 unspecified atom stereocenters. The van der Waals surface area contributed by atoms with Gasteiger partial charge in [0.25, 0.3) is 0 Å². The van der Waals surface area contributed by atoms with Crippen molar-refractivity contribution in [2.45, 2.75) is 5.54 Å². The Balaban J connectivity index is 2.15. The van der Waals surface area contributed by atoms with E-state index in [9.17, 15) is 0 Å². The molecule has 2 nitrogen and oxygen atoms in total. The van der Waals surface area contributed by atoms with E-state index in [-0.39, 0.29) is 0 Å². The van der Waals surface area contributed by atoms with Crippen LogP contribution in [0, 0.1) is 0 Å². The van der Waals surface area contributed by atoms with Crippen LogP contribution in [0.15, 0.2) is 108 Å². The summed E-state index contributed by atoms with van der Waals surface area (Å²) in [4.78, 5) is 0. The first-order chi connectivity index (χ1) is 12.3. The molecule has 0 spiro atoms. The number of hydrogen-bond donors (Lipinski definition) is 0. The molecule has 0 fully saturated rings. The minimum atomic E-state index is -0.549. The second kappa shape index (κ2) is 6.69. The Kier molecular flexibility index (Phi) is 4.24. The normalized spacial score (nSPS) is 11.4. The van der Waals surface area contributed by atoms with E-state index in [1.54, 1.807) is 0 Å². The quantitative estimate of drug-likeness (QED) is 0.423. The molecule has 0 saturated heterocycles. The maximum Gasteiger partial charge on any atom is 0.139 e. The van der Waals surface area contributed by atoms with Crippen LogP contribution in [-0.4, -0.2) is 9.78 Å². The van der Waals surface area contributed by atoms with E-state index in [2.05, 4.69) is 87.8 Å². The summed E-state index contributed by atoms with van der Waals surface area (Å²) < 4.78 is 3.09. The second-order valence-corrected chi connectivity index (χ2v) is 6.73. The van der Waals surface area contributed by atoms with Crippen LogP contribution >= 0.6 is 15.9 Å². The monoisotopic (exact) mass is 388 g/mol. The molecule has 0 aliphatic carbocycles. The second-order valence-electron chi connectivity index (χ2n) is 5.87. The van der Waals surface area contributed by atoms with Gasteiger partial charge in [0.05, 0.1) is 0 Å². The maximum atomic E-state index is 4.65. The number of halogens is 1. The van der Waals surface area contributed by atoms with Gasteiger partial charge in [-0.1, -0.05) is 94.8 Å². The number of nitrogens with zero attached hydrogens (tertiary/aromatic N) is 2. The maximum absolute atomic E-state index is 4.65. The van der Waals surface area contributed by atoms with Gasteiger partial charge in [-0.3, -0.25) is 4.68 Å². The fourth-order valence-corrected chi connectivity index (χ4v) is 4.02. The molecule has 0 amide bonds. The van der Waals surface area contributed by atoms with Gasteiger partial charge in [-0.2, -0.15) is 5.10 Å². The minimum absolute atomic E-state index is 0.549. The lowest BCUT2D eigenvalue weighted by molar-refractivity contribution is 0.458. The third-order valence-corrected chi connectivity index (χ3v) is 5.19. The highest BCUT2D eigenvalue weighted by Gasteiger charge is 2.40. The summed E-state index contributed by atoms with van der Waals surface area (Å²) in [6, 6.07) is 31.4. The zero-order valence-corrected chi connectivity index (χ0v) is 15.2. The Morgan fingerprint density at radius 3 is 1.76 bits per heavy atom. The molecule has 0 N–H and O–H groups in total. The van der Waals surface area contributed by atoms with Gasteiger partial charge < -0.3 is 0 Å². The predicted molar refractivity (Wildman–Crippen MR) is 105 cm³/mol. The lowest BCUT2D eigenvalue weighted by Crippen LogP contribution is -2.38. The Morgan fingerprint density at radius 2 is 1.24 bits per heavy atom. The van der Waals surface area contributed by atoms with Crippen LogP contribution in [-0.2, 0) is 5.54 Å². The van der Waals surface area contributed by atoms with Gasteiger partial charge in [-0.05, 0) is 23.3 Å². The summed E-state index contributed by atoms with van der Waals surface area (Å²) in [5.74, 6) is 0. The van der Waals surface area contributed by atoms with E-state index in [0.29, 0.717) is 0 Å². The standard InChI is InChI=1S/C22H17BrN2/c23-21-15-8-7-14-20(21)22(25-17-9-16-24-25,18-10-3-1-4-11-18)19-12-5-2-6-13-19/h1-17H. The van der Waals surface area contributed by atoms with Crippen LogP contribution in [0.4, 0.5) is 0 Å². The van der Waals surface area contributed by atoms with Crippen LogP contribution in [0.5, 0.6) is 0 Å². The number of benzene rings is 3. The molecule has 122 valence electrons. The van der Waals surface area contributed by atoms with Crippen LogP contribution in [0.1, 0.15) is 16.7 Å². The first-order valence-corrected chi connectivity index (χ1v) is 8.99. The summed E-state index contributed by atoms with van der Waals surface area (Å²) in [5.41, 5.74) is 2.93. The molecule has 3 aromatic carbocycles. The molecule has 1 heterocycles. The molecule has 0 atom stereocenters. The summed E-state index contributed by atoms with van der Waals surface area (Å²) in [5, 5.41) is 4.65. The molecule has 0 radical (unpaired) electrons. The van der Waals surface area contributed by atoms with Gasteiger partial charge in [0, 0.05) is 22.4 Å². The molecule has 0 aliphatic rings. The van der Waals surface area contributed by atoms with Crippen molar-refractivity contribution in [1.82, 2.24) is 9.78 Å². The molecule has 4 aromatic rings. The lowest BCUT2D eigenvalue weighted by Gasteiger charge is -2.37. The zero-order chi connectivity index (χ0) is 17.1. The van der Waals surface area contributed by atoms with Gasteiger partial charge >= 0.3 is 0 Å². The van der Waals surface area contributed by atoms with Gasteiger partial charge in [-0.25, -0.2) is 0 Å². The van der Waals surface area contributed by atoms with Crippen LogP contribution in [0.3, 0.4) is 0 Å². The van der Waals surface area contributed by atoms with E-state index >= 15 is 0 Å². The average molecular weight is 389 g/mol. The number of aromatic nitrogens is 2. The smallest absolute Gasteiger partial charge is 0.139 e. The molecule has 25 heavy (non-hydrogen) atoms. The topological polar surface area (TPSA) is 17.8 Å². The Labute approximate surface area is 155 Å². The lowest BCUT2D eigenvalue weighted by atomic mass is 9.77. The molecule has 4 rings (SSSR count). The fourth-order valence-electron chi connectivity index (χ4n) is 3.45. The molecular formula is C22H17BrN2. The number of hydrogen-bond acceptors (Lipinski definition) is 1. The Hall–Kier alpha value is -2.65. The highest BCUT2D eigenvalue weighted by molar-refractivity contribution is 9.10. The molecule has 3 heteroatoms. The average Bonchev–Trinajstić information content (AvgIpc) is 3.21. The molecule has 1 aromatic heterocycles. The highest BCUT2D eigenvalue weighted by Crippen LogP contribution is 2.42. The molecule has 0 saturated carbocycles. The van der Waals surface area contributed by atoms with Crippen LogP contribution in [0.25, 0.3) is 0 Å². The van der Waals surface area contributed by atoms with E-state index < -0.39 is 5.54 Å². The third-order valence-electron chi connectivity index (χ3n) is 4.49. The fraction of sp³-hybridized carbons (Fsp3) is 0.0455. The highest BCUT2D eigenvalue weighted by atomic mass is 79.9. The van der Waals surface area contributed by atoms with Crippen molar-refractivity contribution in [3.8, 4) is 0 Å². The van der Waals surface area contributed by atoms with Gasteiger partial charge in [-0.15, -0.1) is 0 Å². The summed E-state index contributed by atoms with van der Waals surface area (Å²) >= 11 is 3.77. The van der Waals surface area contributed by atoms with Crippen molar-refractivity contribution in [3.63, 3.8) is 0 Å². The van der Waals surface area contributed by atoms with E-state index in [0.717, 1.165) is 21.2 Å². The zero-order valence-electron chi connectivity index (χ0n) is 13.6. The van der Waals surface area contributed by atoms with E-state index in [1.165, 1.54) is 0 Å². The van der Waals surface area contributed by atoms with Crippen molar-refractivity contribution in [1.29, 1.82) is 0 Å². The molecular weight excluding hydrogens is 372 g/mol. The Morgan fingerprint density at radius 1 is 0.680 bits per heavy atom. The van der Waals surface area contributed by atoms with Crippen LogP contribution in [0.2, 0.25) is 0 Å². The van der Waals surface area contributed by atoms with Crippen molar-refractivity contribution in [3.05, 3.63) is 125 Å². The molecule has 0 aliphatic heterocycles. The van der Waals surface area contributed by atoms with Crippen molar-refractivity contribution < 1.29 is 0 Å². The van der Waals surface area contributed by atoms with Gasteiger partial charge in [0.1, 0.15) is 5.54 Å². The summed E-state index contributed by atoms with van der Waals surface area (Å²) in [6.45, 7) is 0. The third kappa shape index (κ3) is 2.61. The molecule has 0 bridgehead atoms. The predicted octanol–water partition coefficient (Wildman–Crippen LogP) is 5.49. The Bertz CT molecular complexity index is 908. The SMILES string of the molecule is Brc1ccccc1C(c1ccccc1)(c1ccccc1)n1cccn1. The number of rotatable bonds is 4. The van der Waals surface area contributed by atoms with Crippen molar-refractivity contribution in [2.75, 3.05) is 0 Å². The van der Waals surface area contributed by atoms with Gasteiger partial charge in [0.2, 0.25) is 0 Å². The summed E-state index contributed by atoms with van der Waals surface area (Å²) in [6.07, 6.45) is 3.86.